The Morgan fingerprint density at radius 2 is 1.52 bits per heavy atom. The number of hydrogen-bond acceptors (Lipinski definition) is 2. The largest absolute Gasteiger partial charge is 0.309 e. The normalized spacial score (nSPS) is 15.4. The third-order valence-electron chi connectivity index (χ3n) is 3.80. The SMILES string of the molecule is CC(NCC(C)S(C)=O)c1ccc(-c2ccccc2)cc1. The molecule has 0 aliphatic rings. The van der Waals surface area contributed by atoms with Crippen molar-refractivity contribution >= 4 is 10.8 Å². The first-order valence-corrected chi connectivity index (χ1v) is 8.91. The van der Waals surface area contributed by atoms with Crippen LogP contribution in [-0.2, 0) is 10.8 Å². The average Bonchev–Trinajstić information content (AvgIpc) is 2.53. The van der Waals surface area contributed by atoms with Gasteiger partial charge >= 0.3 is 0 Å². The second-order valence-corrected chi connectivity index (χ2v) is 7.23. The molecule has 2 aromatic rings. The fourth-order valence-corrected chi connectivity index (χ4v) is 2.50. The molecule has 112 valence electrons. The molecule has 0 aliphatic heterocycles. The summed E-state index contributed by atoms with van der Waals surface area (Å²) >= 11 is 0. The molecule has 0 saturated carbocycles. The summed E-state index contributed by atoms with van der Waals surface area (Å²) in [5.41, 5.74) is 3.72. The Labute approximate surface area is 130 Å². The molecule has 2 rings (SSSR count). The first-order chi connectivity index (χ1) is 10.1. The molecule has 0 bridgehead atoms. The molecule has 2 aromatic carbocycles. The summed E-state index contributed by atoms with van der Waals surface area (Å²) in [7, 11) is -0.774. The molecule has 21 heavy (non-hydrogen) atoms. The molecule has 0 heterocycles. The minimum absolute atomic E-state index is 0.177. The van der Waals surface area contributed by atoms with Gasteiger partial charge in [0.25, 0.3) is 0 Å². The predicted molar refractivity (Wildman–Crippen MR) is 91.8 cm³/mol. The van der Waals surface area contributed by atoms with E-state index in [4.69, 9.17) is 0 Å². The third-order valence-corrected chi connectivity index (χ3v) is 5.10. The molecule has 0 spiro atoms. The van der Waals surface area contributed by atoms with E-state index in [2.05, 4.69) is 60.8 Å². The van der Waals surface area contributed by atoms with E-state index in [1.54, 1.807) is 6.26 Å². The lowest BCUT2D eigenvalue weighted by atomic mass is 10.0. The molecule has 0 amide bonds. The van der Waals surface area contributed by atoms with Gasteiger partial charge in [0.15, 0.2) is 0 Å². The van der Waals surface area contributed by atoms with E-state index >= 15 is 0 Å². The van der Waals surface area contributed by atoms with Crippen LogP contribution in [-0.4, -0.2) is 22.3 Å². The summed E-state index contributed by atoms with van der Waals surface area (Å²) < 4.78 is 11.4. The van der Waals surface area contributed by atoms with Gasteiger partial charge in [-0.2, -0.15) is 0 Å². The summed E-state index contributed by atoms with van der Waals surface area (Å²) in [4.78, 5) is 0. The molecule has 3 unspecified atom stereocenters. The molecule has 0 aliphatic carbocycles. The third kappa shape index (κ3) is 4.51. The highest BCUT2D eigenvalue weighted by Gasteiger charge is 2.10. The number of nitrogens with one attached hydrogen (secondary N) is 1. The van der Waals surface area contributed by atoms with E-state index < -0.39 is 10.8 Å². The highest BCUT2D eigenvalue weighted by molar-refractivity contribution is 7.84. The van der Waals surface area contributed by atoms with Crippen LogP contribution >= 0.6 is 0 Å². The van der Waals surface area contributed by atoms with Gasteiger partial charge in [-0.1, -0.05) is 54.6 Å². The summed E-state index contributed by atoms with van der Waals surface area (Å²) in [6.07, 6.45) is 1.76. The van der Waals surface area contributed by atoms with Crippen LogP contribution in [0.1, 0.15) is 25.5 Å². The van der Waals surface area contributed by atoms with Gasteiger partial charge in [-0.3, -0.25) is 4.21 Å². The lowest BCUT2D eigenvalue weighted by molar-refractivity contribution is 0.569. The zero-order valence-electron chi connectivity index (χ0n) is 12.9. The Kier molecular flexibility index (Phi) is 5.71. The molecule has 1 N–H and O–H groups in total. The van der Waals surface area contributed by atoms with E-state index in [1.165, 1.54) is 16.7 Å². The Bertz CT molecular complexity index is 580. The second-order valence-electron chi connectivity index (χ2n) is 5.43. The summed E-state index contributed by atoms with van der Waals surface area (Å²) in [6, 6.07) is 19.3. The van der Waals surface area contributed by atoms with Crippen LogP contribution in [0.4, 0.5) is 0 Å². The summed E-state index contributed by atoms with van der Waals surface area (Å²) in [6.45, 7) is 4.92. The molecule has 3 heteroatoms. The lowest BCUT2D eigenvalue weighted by Crippen LogP contribution is -2.29. The molecule has 0 fully saturated rings. The molecular formula is C18H23NOS. The molecule has 3 atom stereocenters. The van der Waals surface area contributed by atoms with Gasteiger partial charge in [0.05, 0.1) is 0 Å². The monoisotopic (exact) mass is 301 g/mol. The van der Waals surface area contributed by atoms with Crippen LogP contribution in [0.15, 0.2) is 54.6 Å². The Balaban J connectivity index is 2.00. The zero-order chi connectivity index (χ0) is 15.2. The maximum atomic E-state index is 11.4. The summed E-state index contributed by atoms with van der Waals surface area (Å²) in [5.74, 6) is 0. The van der Waals surface area contributed by atoms with Crippen LogP contribution in [0, 0.1) is 0 Å². The van der Waals surface area contributed by atoms with E-state index in [9.17, 15) is 4.21 Å². The van der Waals surface area contributed by atoms with Gasteiger partial charge in [-0.05, 0) is 30.5 Å². The maximum Gasteiger partial charge on any atom is 0.0441 e. The second kappa shape index (κ2) is 7.53. The molecule has 0 radical (unpaired) electrons. The van der Waals surface area contributed by atoms with Crippen molar-refractivity contribution < 1.29 is 4.21 Å². The van der Waals surface area contributed by atoms with E-state index in [-0.39, 0.29) is 11.3 Å². The van der Waals surface area contributed by atoms with Crippen molar-refractivity contribution in [2.45, 2.75) is 25.1 Å². The van der Waals surface area contributed by atoms with Crippen LogP contribution in [0.3, 0.4) is 0 Å². The van der Waals surface area contributed by atoms with Crippen molar-refractivity contribution in [3.05, 3.63) is 60.2 Å². The average molecular weight is 301 g/mol. The highest BCUT2D eigenvalue weighted by Crippen LogP contribution is 2.21. The van der Waals surface area contributed by atoms with E-state index in [0.717, 1.165) is 6.54 Å². The van der Waals surface area contributed by atoms with Crippen molar-refractivity contribution in [3.63, 3.8) is 0 Å². The minimum atomic E-state index is -0.774. The van der Waals surface area contributed by atoms with E-state index in [1.807, 2.05) is 13.0 Å². The van der Waals surface area contributed by atoms with Crippen LogP contribution in [0.2, 0.25) is 0 Å². The van der Waals surface area contributed by atoms with Crippen molar-refractivity contribution in [3.8, 4) is 11.1 Å². The minimum Gasteiger partial charge on any atom is -0.309 e. The first kappa shape index (κ1) is 15.9. The van der Waals surface area contributed by atoms with Crippen molar-refractivity contribution in [2.75, 3.05) is 12.8 Å². The topological polar surface area (TPSA) is 29.1 Å². The molecule has 0 aromatic heterocycles. The first-order valence-electron chi connectivity index (χ1n) is 7.29. The van der Waals surface area contributed by atoms with Crippen molar-refractivity contribution in [2.24, 2.45) is 0 Å². The number of benzene rings is 2. The predicted octanol–water partition coefficient (Wildman–Crippen LogP) is 3.77. The van der Waals surface area contributed by atoms with E-state index in [0.29, 0.717) is 0 Å². The standard InChI is InChI=1S/C18H23NOS/c1-14(21(3)20)13-19-15(2)16-9-11-18(12-10-16)17-7-5-4-6-8-17/h4-12,14-15,19H,13H2,1-3H3. The Morgan fingerprint density at radius 1 is 0.952 bits per heavy atom. The molecule has 0 saturated heterocycles. The maximum absolute atomic E-state index is 11.4. The zero-order valence-corrected chi connectivity index (χ0v) is 13.7. The molecular weight excluding hydrogens is 278 g/mol. The summed E-state index contributed by atoms with van der Waals surface area (Å²) in [5, 5.41) is 3.62. The Morgan fingerprint density at radius 3 is 2.10 bits per heavy atom. The number of hydrogen-bond donors (Lipinski definition) is 1. The fraction of sp³-hybridized carbons (Fsp3) is 0.333. The number of rotatable bonds is 6. The van der Waals surface area contributed by atoms with Gasteiger partial charge in [-0.15, -0.1) is 0 Å². The van der Waals surface area contributed by atoms with Crippen LogP contribution in [0.5, 0.6) is 0 Å². The van der Waals surface area contributed by atoms with Crippen LogP contribution in [0.25, 0.3) is 11.1 Å². The van der Waals surface area contributed by atoms with Gasteiger partial charge in [-0.25, -0.2) is 0 Å². The lowest BCUT2D eigenvalue weighted by Gasteiger charge is -2.17. The van der Waals surface area contributed by atoms with Gasteiger partial charge in [0.2, 0.25) is 0 Å². The highest BCUT2D eigenvalue weighted by atomic mass is 32.2. The Hall–Kier alpha value is -1.45. The van der Waals surface area contributed by atoms with Crippen LogP contribution < -0.4 is 5.32 Å². The quantitative estimate of drug-likeness (QED) is 0.880. The van der Waals surface area contributed by atoms with Gasteiger partial charge in [0, 0.05) is 34.9 Å². The smallest absolute Gasteiger partial charge is 0.0441 e. The molecule has 2 nitrogen and oxygen atoms in total. The van der Waals surface area contributed by atoms with Gasteiger partial charge in [0.1, 0.15) is 0 Å². The van der Waals surface area contributed by atoms with Gasteiger partial charge < -0.3 is 5.32 Å². The fourth-order valence-electron chi connectivity index (χ4n) is 2.17. The van der Waals surface area contributed by atoms with Crippen molar-refractivity contribution in [1.29, 1.82) is 0 Å². The van der Waals surface area contributed by atoms with Crippen molar-refractivity contribution in [1.82, 2.24) is 5.32 Å².